The molecule has 1 saturated heterocycles. The van der Waals surface area contributed by atoms with Crippen LogP contribution in [0.1, 0.15) is 18.9 Å². The fourth-order valence-corrected chi connectivity index (χ4v) is 2.55. The molecule has 0 radical (unpaired) electrons. The average molecular weight is 315 g/mol. The topological polar surface area (TPSA) is 64.4 Å². The van der Waals surface area contributed by atoms with Gasteiger partial charge in [0.25, 0.3) is 5.69 Å². The molecule has 1 N–H and O–H groups in total. The van der Waals surface area contributed by atoms with E-state index in [1.807, 2.05) is 6.92 Å². The number of nitrogens with one attached hydrogen (secondary N) is 1. The van der Waals surface area contributed by atoms with Crippen LogP contribution >= 0.6 is 15.9 Å². The minimum absolute atomic E-state index is 0.128. The number of benzene rings is 1. The van der Waals surface area contributed by atoms with Crippen LogP contribution < -0.4 is 5.32 Å². The van der Waals surface area contributed by atoms with Gasteiger partial charge in [0.15, 0.2) is 0 Å². The van der Waals surface area contributed by atoms with Crippen LogP contribution in [0.5, 0.6) is 0 Å². The molecule has 0 aliphatic carbocycles. The SMILES string of the molecule is Cc1cc(NC2CCOC2C)c(Br)cc1[N+](=O)[O-]. The first-order valence-corrected chi connectivity index (χ1v) is 6.61. The maximum Gasteiger partial charge on any atom is 0.273 e. The third-order valence-electron chi connectivity index (χ3n) is 3.20. The molecule has 98 valence electrons. The first-order valence-electron chi connectivity index (χ1n) is 5.81. The van der Waals surface area contributed by atoms with E-state index in [9.17, 15) is 10.1 Å². The zero-order valence-electron chi connectivity index (χ0n) is 10.3. The lowest BCUT2D eigenvalue weighted by Gasteiger charge is -2.18. The molecule has 1 aliphatic heterocycles. The van der Waals surface area contributed by atoms with Crippen LogP contribution in [0.15, 0.2) is 16.6 Å². The van der Waals surface area contributed by atoms with Crippen LogP contribution in [0.4, 0.5) is 11.4 Å². The summed E-state index contributed by atoms with van der Waals surface area (Å²) in [5.74, 6) is 0. The summed E-state index contributed by atoms with van der Waals surface area (Å²) >= 11 is 3.37. The standard InChI is InChI=1S/C12H15BrN2O3/c1-7-5-11(9(13)6-12(7)15(16)17)14-10-3-4-18-8(10)2/h5-6,8,10,14H,3-4H2,1-2H3. The normalized spacial score (nSPS) is 23.1. The van der Waals surface area contributed by atoms with Gasteiger partial charge in [-0.05, 0) is 42.3 Å². The quantitative estimate of drug-likeness (QED) is 0.687. The molecule has 0 spiro atoms. The van der Waals surface area contributed by atoms with Gasteiger partial charge >= 0.3 is 0 Å². The van der Waals surface area contributed by atoms with Gasteiger partial charge in [-0.2, -0.15) is 0 Å². The van der Waals surface area contributed by atoms with E-state index >= 15 is 0 Å². The van der Waals surface area contributed by atoms with Gasteiger partial charge in [-0.3, -0.25) is 10.1 Å². The van der Waals surface area contributed by atoms with Crippen LogP contribution in [-0.4, -0.2) is 23.7 Å². The molecule has 0 amide bonds. The molecule has 18 heavy (non-hydrogen) atoms. The Morgan fingerprint density at radius 3 is 2.83 bits per heavy atom. The van der Waals surface area contributed by atoms with Crippen LogP contribution in [0.25, 0.3) is 0 Å². The van der Waals surface area contributed by atoms with E-state index in [4.69, 9.17) is 4.74 Å². The van der Waals surface area contributed by atoms with Crippen LogP contribution in [0.3, 0.4) is 0 Å². The van der Waals surface area contributed by atoms with Crippen molar-refractivity contribution in [3.63, 3.8) is 0 Å². The van der Waals surface area contributed by atoms with E-state index in [1.54, 1.807) is 13.0 Å². The third-order valence-corrected chi connectivity index (χ3v) is 3.86. The molecular weight excluding hydrogens is 300 g/mol. The van der Waals surface area contributed by atoms with E-state index in [0.29, 0.717) is 10.0 Å². The fraction of sp³-hybridized carbons (Fsp3) is 0.500. The first-order chi connectivity index (χ1) is 8.49. The highest BCUT2D eigenvalue weighted by Crippen LogP contribution is 2.32. The van der Waals surface area contributed by atoms with Crippen molar-refractivity contribution in [1.82, 2.24) is 0 Å². The highest BCUT2D eigenvalue weighted by molar-refractivity contribution is 9.10. The summed E-state index contributed by atoms with van der Waals surface area (Å²) in [6.07, 6.45) is 1.11. The second-order valence-corrected chi connectivity index (χ2v) is 5.35. The molecule has 2 rings (SSSR count). The van der Waals surface area contributed by atoms with Crippen molar-refractivity contribution in [3.8, 4) is 0 Å². The monoisotopic (exact) mass is 314 g/mol. The predicted octanol–water partition coefficient (Wildman–Crippen LogP) is 3.26. The molecular formula is C12H15BrN2O3. The summed E-state index contributed by atoms with van der Waals surface area (Å²) in [5.41, 5.74) is 1.65. The molecule has 1 aliphatic rings. The number of hydrogen-bond donors (Lipinski definition) is 1. The fourth-order valence-electron chi connectivity index (χ4n) is 2.10. The molecule has 2 atom stereocenters. The minimum Gasteiger partial charge on any atom is -0.379 e. The second kappa shape index (κ2) is 5.24. The van der Waals surface area contributed by atoms with Crippen LogP contribution in [0.2, 0.25) is 0 Å². The van der Waals surface area contributed by atoms with Gasteiger partial charge < -0.3 is 10.1 Å². The molecule has 1 fully saturated rings. The molecule has 1 aromatic rings. The second-order valence-electron chi connectivity index (χ2n) is 4.49. The largest absolute Gasteiger partial charge is 0.379 e. The Morgan fingerprint density at radius 1 is 1.56 bits per heavy atom. The summed E-state index contributed by atoms with van der Waals surface area (Å²) in [4.78, 5) is 10.5. The average Bonchev–Trinajstić information content (AvgIpc) is 2.69. The lowest BCUT2D eigenvalue weighted by molar-refractivity contribution is -0.385. The van der Waals surface area contributed by atoms with Crippen molar-refractivity contribution < 1.29 is 9.66 Å². The number of rotatable bonds is 3. The molecule has 0 aromatic heterocycles. The number of aryl methyl sites for hydroxylation is 1. The molecule has 0 saturated carbocycles. The Balaban J connectivity index is 2.23. The summed E-state index contributed by atoms with van der Waals surface area (Å²) in [6, 6.07) is 3.59. The molecule has 1 heterocycles. The number of hydrogen-bond acceptors (Lipinski definition) is 4. The van der Waals surface area contributed by atoms with Gasteiger partial charge in [0, 0.05) is 28.4 Å². The van der Waals surface area contributed by atoms with E-state index in [2.05, 4.69) is 21.2 Å². The maximum atomic E-state index is 10.8. The Kier molecular flexibility index (Phi) is 3.87. The van der Waals surface area contributed by atoms with Crippen molar-refractivity contribution in [2.75, 3.05) is 11.9 Å². The number of nitro groups is 1. The van der Waals surface area contributed by atoms with Crippen LogP contribution in [-0.2, 0) is 4.74 Å². The van der Waals surface area contributed by atoms with Gasteiger partial charge in [-0.25, -0.2) is 0 Å². The predicted molar refractivity (Wildman–Crippen MR) is 73.0 cm³/mol. The lowest BCUT2D eigenvalue weighted by atomic mass is 10.1. The zero-order chi connectivity index (χ0) is 13.3. The van der Waals surface area contributed by atoms with Gasteiger partial charge in [0.05, 0.1) is 17.1 Å². The molecule has 6 heteroatoms. The Labute approximate surface area is 114 Å². The summed E-state index contributed by atoms with van der Waals surface area (Å²) in [7, 11) is 0. The zero-order valence-corrected chi connectivity index (χ0v) is 11.9. The van der Waals surface area contributed by atoms with Gasteiger partial charge in [0.2, 0.25) is 0 Å². The third kappa shape index (κ3) is 2.64. The summed E-state index contributed by atoms with van der Waals surface area (Å²) in [5, 5.41) is 14.2. The number of nitro benzene ring substituents is 1. The molecule has 1 aromatic carbocycles. The Bertz CT molecular complexity index is 479. The number of nitrogens with zero attached hydrogens (tertiary/aromatic N) is 1. The smallest absolute Gasteiger partial charge is 0.273 e. The van der Waals surface area contributed by atoms with E-state index in [-0.39, 0.29) is 22.8 Å². The van der Waals surface area contributed by atoms with E-state index in [0.717, 1.165) is 18.7 Å². The van der Waals surface area contributed by atoms with Crippen LogP contribution in [0, 0.1) is 17.0 Å². The Hall–Kier alpha value is -1.14. The summed E-state index contributed by atoms with van der Waals surface area (Å²) in [6.45, 7) is 4.52. The number of anilines is 1. The molecule has 5 nitrogen and oxygen atoms in total. The molecule has 2 unspecified atom stereocenters. The number of ether oxygens (including phenoxy) is 1. The lowest BCUT2D eigenvalue weighted by Crippen LogP contribution is -2.26. The van der Waals surface area contributed by atoms with Crippen molar-refractivity contribution in [2.24, 2.45) is 0 Å². The van der Waals surface area contributed by atoms with Crippen molar-refractivity contribution in [2.45, 2.75) is 32.4 Å². The maximum absolute atomic E-state index is 10.8. The van der Waals surface area contributed by atoms with Gasteiger partial charge in [-0.1, -0.05) is 0 Å². The first kappa shape index (κ1) is 13.3. The highest BCUT2D eigenvalue weighted by Gasteiger charge is 2.25. The Morgan fingerprint density at radius 2 is 2.28 bits per heavy atom. The van der Waals surface area contributed by atoms with E-state index < -0.39 is 0 Å². The van der Waals surface area contributed by atoms with Gasteiger partial charge in [0.1, 0.15) is 0 Å². The van der Waals surface area contributed by atoms with Crippen molar-refractivity contribution >= 4 is 27.3 Å². The molecule has 0 bridgehead atoms. The van der Waals surface area contributed by atoms with Gasteiger partial charge in [-0.15, -0.1) is 0 Å². The minimum atomic E-state index is -0.370. The van der Waals surface area contributed by atoms with E-state index in [1.165, 1.54) is 6.07 Å². The van der Waals surface area contributed by atoms with Crippen molar-refractivity contribution in [1.29, 1.82) is 0 Å². The number of halogens is 1. The highest BCUT2D eigenvalue weighted by atomic mass is 79.9. The summed E-state index contributed by atoms with van der Waals surface area (Å²) < 4.78 is 6.19. The van der Waals surface area contributed by atoms with Crippen molar-refractivity contribution in [3.05, 3.63) is 32.3 Å².